The van der Waals surface area contributed by atoms with E-state index in [1.165, 1.54) is 69.2 Å². The number of aryl methyl sites for hydroxylation is 2. The Morgan fingerprint density at radius 1 is 0.850 bits per heavy atom. The molecular weight excluding hydrogens is 244 g/mol. The van der Waals surface area contributed by atoms with Crippen LogP contribution in [0.1, 0.15) is 69.2 Å². The molecule has 112 valence electrons. The van der Waals surface area contributed by atoms with Crippen LogP contribution >= 0.6 is 0 Å². The summed E-state index contributed by atoms with van der Waals surface area (Å²) in [5.41, 5.74) is 6.55. The van der Waals surface area contributed by atoms with Gasteiger partial charge in [-0.1, -0.05) is 44.9 Å². The first-order valence-corrected chi connectivity index (χ1v) is 8.67. The van der Waals surface area contributed by atoms with E-state index in [1.807, 2.05) is 0 Å². The van der Waals surface area contributed by atoms with Crippen molar-refractivity contribution in [3.8, 4) is 0 Å². The van der Waals surface area contributed by atoms with Crippen LogP contribution in [0.2, 0.25) is 0 Å². The minimum Gasteiger partial charge on any atom is -0.323 e. The van der Waals surface area contributed by atoms with Gasteiger partial charge in [0.1, 0.15) is 0 Å². The normalized spacial score (nSPS) is 28.5. The number of hydrogen-bond donors (Lipinski definition) is 1. The third-order valence-corrected chi connectivity index (χ3v) is 5.64. The van der Waals surface area contributed by atoms with E-state index in [0.717, 1.165) is 11.8 Å². The maximum atomic E-state index is 3.86. The van der Waals surface area contributed by atoms with Gasteiger partial charge in [-0.3, -0.25) is 4.68 Å². The van der Waals surface area contributed by atoms with E-state index >= 15 is 0 Å². The average molecular weight is 274 g/mol. The smallest absolute Gasteiger partial charge is 0.0455 e. The van der Waals surface area contributed by atoms with Gasteiger partial charge in [-0.2, -0.15) is 0 Å². The molecule has 20 heavy (non-hydrogen) atoms. The van der Waals surface area contributed by atoms with Crippen molar-refractivity contribution in [2.24, 2.45) is 11.8 Å². The summed E-state index contributed by atoms with van der Waals surface area (Å²) in [4.78, 5) is 0. The summed E-state index contributed by atoms with van der Waals surface area (Å²) in [5, 5.41) is 0. The summed E-state index contributed by atoms with van der Waals surface area (Å²) in [6, 6.07) is 5.14. The van der Waals surface area contributed by atoms with Crippen LogP contribution in [0.3, 0.4) is 0 Å². The van der Waals surface area contributed by atoms with Crippen molar-refractivity contribution in [2.45, 2.75) is 77.7 Å². The van der Waals surface area contributed by atoms with E-state index < -0.39 is 0 Å². The standard InChI is InChI=1S/C18H30N2/c1-14-12-13-15(2)20(14)19-18-11-7-6-10-17(18)16-8-4-3-5-9-16/h12-13,16-19H,3-11H2,1-2H3. The second kappa shape index (κ2) is 6.24. The lowest BCUT2D eigenvalue weighted by atomic mass is 9.71. The zero-order valence-electron chi connectivity index (χ0n) is 13.2. The lowest BCUT2D eigenvalue weighted by Gasteiger charge is -2.40. The average Bonchev–Trinajstić information content (AvgIpc) is 2.81. The topological polar surface area (TPSA) is 17.0 Å². The van der Waals surface area contributed by atoms with Crippen LogP contribution in [0.25, 0.3) is 0 Å². The number of nitrogens with one attached hydrogen (secondary N) is 1. The molecule has 2 atom stereocenters. The van der Waals surface area contributed by atoms with Crippen LogP contribution in [-0.4, -0.2) is 10.7 Å². The molecule has 2 fully saturated rings. The fourth-order valence-corrected chi connectivity index (χ4v) is 4.48. The predicted octanol–water partition coefficient (Wildman–Crippen LogP) is 4.79. The molecule has 1 aromatic heterocycles. The van der Waals surface area contributed by atoms with Crippen molar-refractivity contribution in [3.05, 3.63) is 23.5 Å². The van der Waals surface area contributed by atoms with Crippen LogP contribution in [0.15, 0.2) is 12.1 Å². The van der Waals surface area contributed by atoms with Crippen LogP contribution in [-0.2, 0) is 0 Å². The molecule has 0 radical (unpaired) electrons. The van der Waals surface area contributed by atoms with Crippen molar-refractivity contribution < 1.29 is 0 Å². The molecule has 1 heterocycles. The summed E-state index contributed by atoms with van der Waals surface area (Å²) in [5.74, 6) is 1.89. The first-order valence-electron chi connectivity index (χ1n) is 8.67. The Hall–Kier alpha value is -0.920. The molecule has 2 heteroatoms. The number of rotatable bonds is 3. The largest absolute Gasteiger partial charge is 0.323 e. The molecular formula is C18H30N2. The quantitative estimate of drug-likeness (QED) is 0.838. The van der Waals surface area contributed by atoms with Gasteiger partial charge in [0.25, 0.3) is 0 Å². The summed E-state index contributed by atoms with van der Waals surface area (Å²) in [7, 11) is 0. The molecule has 2 aliphatic rings. The Labute approximate surface area is 123 Å². The highest BCUT2D eigenvalue weighted by Crippen LogP contribution is 2.38. The fraction of sp³-hybridized carbons (Fsp3) is 0.778. The van der Waals surface area contributed by atoms with E-state index in [-0.39, 0.29) is 0 Å². The van der Waals surface area contributed by atoms with Crippen molar-refractivity contribution in [3.63, 3.8) is 0 Å². The zero-order valence-corrected chi connectivity index (χ0v) is 13.2. The van der Waals surface area contributed by atoms with Gasteiger partial charge in [0.15, 0.2) is 0 Å². The lowest BCUT2D eigenvalue weighted by molar-refractivity contribution is 0.174. The summed E-state index contributed by atoms with van der Waals surface area (Å²) >= 11 is 0. The first kappa shape index (κ1) is 14.0. The van der Waals surface area contributed by atoms with Gasteiger partial charge in [0, 0.05) is 17.4 Å². The van der Waals surface area contributed by atoms with Gasteiger partial charge in [0.05, 0.1) is 0 Å². The Balaban J connectivity index is 1.71. The molecule has 2 unspecified atom stereocenters. The van der Waals surface area contributed by atoms with Crippen molar-refractivity contribution >= 4 is 0 Å². The Kier molecular flexibility index (Phi) is 4.38. The van der Waals surface area contributed by atoms with E-state index in [2.05, 4.69) is 36.1 Å². The van der Waals surface area contributed by atoms with E-state index in [4.69, 9.17) is 0 Å². The second-order valence-corrected chi connectivity index (χ2v) is 7.03. The summed E-state index contributed by atoms with van der Waals surface area (Å²) in [6.07, 6.45) is 13.0. The number of nitrogens with zero attached hydrogens (tertiary/aromatic N) is 1. The number of aromatic nitrogens is 1. The number of hydrogen-bond acceptors (Lipinski definition) is 1. The first-order chi connectivity index (χ1) is 9.75. The van der Waals surface area contributed by atoms with Crippen LogP contribution < -0.4 is 5.43 Å². The van der Waals surface area contributed by atoms with Gasteiger partial charge < -0.3 is 5.43 Å². The SMILES string of the molecule is Cc1ccc(C)n1NC1CCCCC1C1CCCCC1. The lowest BCUT2D eigenvalue weighted by Crippen LogP contribution is -2.41. The third-order valence-electron chi connectivity index (χ3n) is 5.64. The zero-order chi connectivity index (χ0) is 13.9. The van der Waals surface area contributed by atoms with Crippen molar-refractivity contribution in [2.75, 3.05) is 5.43 Å². The van der Waals surface area contributed by atoms with Crippen LogP contribution in [0.5, 0.6) is 0 Å². The predicted molar refractivity (Wildman–Crippen MR) is 85.6 cm³/mol. The van der Waals surface area contributed by atoms with E-state index in [9.17, 15) is 0 Å². The van der Waals surface area contributed by atoms with Crippen LogP contribution in [0.4, 0.5) is 0 Å². The molecule has 2 nitrogen and oxygen atoms in total. The third kappa shape index (κ3) is 2.89. The van der Waals surface area contributed by atoms with Gasteiger partial charge >= 0.3 is 0 Å². The van der Waals surface area contributed by atoms with Gasteiger partial charge in [0.2, 0.25) is 0 Å². The van der Waals surface area contributed by atoms with Crippen molar-refractivity contribution in [1.29, 1.82) is 0 Å². The van der Waals surface area contributed by atoms with E-state index in [0.29, 0.717) is 6.04 Å². The van der Waals surface area contributed by atoms with Crippen LogP contribution in [0, 0.1) is 25.7 Å². The highest BCUT2D eigenvalue weighted by Gasteiger charge is 2.32. The van der Waals surface area contributed by atoms with E-state index in [1.54, 1.807) is 0 Å². The molecule has 0 saturated heterocycles. The summed E-state index contributed by atoms with van der Waals surface area (Å²) in [6.45, 7) is 4.41. The highest BCUT2D eigenvalue weighted by atomic mass is 15.4. The Morgan fingerprint density at radius 2 is 1.45 bits per heavy atom. The van der Waals surface area contributed by atoms with Gasteiger partial charge in [-0.25, -0.2) is 0 Å². The molecule has 0 aliphatic heterocycles. The molecule has 3 rings (SSSR count). The molecule has 1 aromatic rings. The molecule has 0 aromatic carbocycles. The maximum Gasteiger partial charge on any atom is 0.0455 e. The maximum absolute atomic E-state index is 3.86. The minimum atomic E-state index is 0.691. The molecule has 2 saturated carbocycles. The second-order valence-electron chi connectivity index (χ2n) is 7.03. The van der Waals surface area contributed by atoms with Gasteiger partial charge in [-0.05, 0) is 50.7 Å². The summed E-state index contributed by atoms with van der Waals surface area (Å²) < 4.78 is 2.33. The minimum absolute atomic E-state index is 0.691. The highest BCUT2D eigenvalue weighted by molar-refractivity contribution is 5.16. The molecule has 1 N–H and O–H groups in total. The monoisotopic (exact) mass is 274 g/mol. The molecule has 0 bridgehead atoms. The fourth-order valence-electron chi connectivity index (χ4n) is 4.48. The van der Waals surface area contributed by atoms with Crippen molar-refractivity contribution in [1.82, 2.24) is 4.68 Å². The Bertz CT molecular complexity index is 409. The molecule has 0 spiro atoms. The molecule has 0 amide bonds. The Morgan fingerprint density at radius 3 is 2.15 bits per heavy atom. The van der Waals surface area contributed by atoms with Gasteiger partial charge in [-0.15, -0.1) is 0 Å². The molecule has 2 aliphatic carbocycles.